The van der Waals surface area contributed by atoms with E-state index in [0.717, 1.165) is 12.8 Å². The van der Waals surface area contributed by atoms with Crippen LogP contribution in [-0.2, 0) is 14.6 Å². The van der Waals surface area contributed by atoms with Crippen LogP contribution in [0.5, 0.6) is 0 Å². The van der Waals surface area contributed by atoms with Gasteiger partial charge in [0.05, 0.1) is 11.8 Å². The van der Waals surface area contributed by atoms with E-state index in [9.17, 15) is 13.2 Å². The van der Waals surface area contributed by atoms with Crippen LogP contribution in [0.4, 0.5) is 0 Å². The second-order valence-corrected chi connectivity index (χ2v) is 7.43. The Balaban J connectivity index is 2.36. The molecule has 15 heavy (non-hydrogen) atoms. The first kappa shape index (κ1) is 12.6. The highest BCUT2D eigenvalue weighted by Crippen LogP contribution is 2.28. The number of sulfone groups is 1. The molecule has 1 N–H and O–H groups in total. The van der Waals surface area contributed by atoms with Crippen molar-refractivity contribution >= 4 is 15.6 Å². The highest BCUT2D eigenvalue weighted by Gasteiger charge is 2.36. The molecule has 0 aliphatic heterocycles. The number of hydrogen-bond acceptors (Lipinski definition) is 4. The van der Waals surface area contributed by atoms with Gasteiger partial charge in [0.15, 0.2) is 15.6 Å². The Bertz CT molecular complexity index is 336. The van der Waals surface area contributed by atoms with E-state index in [4.69, 9.17) is 0 Å². The Morgan fingerprint density at radius 3 is 2.27 bits per heavy atom. The second kappa shape index (κ2) is 4.22. The van der Waals surface area contributed by atoms with E-state index in [0.29, 0.717) is 0 Å². The topological polar surface area (TPSA) is 63.2 Å². The van der Waals surface area contributed by atoms with Crippen molar-refractivity contribution in [2.24, 2.45) is 0 Å². The predicted molar refractivity (Wildman–Crippen MR) is 59.6 cm³/mol. The van der Waals surface area contributed by atoms with Crippen molar-refractivity contribution in [3.63, 3.8) is 0 Å². The number of carbonyl (C=O) groups excluding carboxylic acids is 1. The maximum absolute atomic E-state index is 11.5. The zero-order chi connectivity index (χ0) is 11.7. The largest absolute Gasteiger partial charge is 0.305 e. The van der Waals surface area contributed by atoms with Gasteiger partial charge in [0.1, 0.15) is 5.75 Å². The number of hydrogen-bond donors (Lipinski definition) is 1. The summed E-state index contributed by atoms with van der Waals surface area (Å²) in [5.41, 5.74) is -0.154. The molecular formula is C10H19NO3S. The SMILES string of the molecule is CC(C)(C)NCC(=O)CS(=O)(=O)C1CC1. The molecule has 5 heteroatoms. The van der Waals surface area contributed by atoms with Gasteiger partial charge in [0, 0.05) is 5.54 Å². The van der Waals surface area contributed by atoms with Gasteiger partial charge < -0.3 is 5.32 Å². The minimum atomic E-state index is -3.14. The molecule has 0 spiro atoms. The van der Waals surface area contributed by atoms with E-state index in [2.05, 4.69) is 5.32 Å². The van der Waals surface area contributed by atoms with Crippen molar-refractivity contribution in [1.29, 1.82) is 0 Å². The average Bonchev–Trinajstić information content (AvgIpc) is 2.80. The summed E-state index contributed by atoms with van der Waals surface area (Å²) in [5.74, 6) is -0.544. The smallest absolute Gasteiger partial charge is 0.161 e. The summed E-state index contributed by atoms with van der Waals surface area (Å²) in [5, 5.41) is 2.75. The normalized spacial score (nSPS) is 17.8. The summed E-state index contributed by atoms with van der Waals surface area (Å²) in [6.45, 7) is 5.95. The molecule has 88 valence electrons. The lowest BCUT2D eigenvalue weighted by atomic mass is 10.1. The van der Waals surface area contributed by atoms with E-state index < -0.39 is 9.84 Å². The zero-order valence-electron chi connectivity index (χ0n) is 9.54. The van der Waals surface area contributed by atoms with Gasteiger partial charge in [0.25, 0.3) is 0 Å². The van der Waals surface area contributed by atoms with Crippen molar-refractivity contribution in [1.82, 2.24) is 5.32 Å². The van der Waals surface area contributed by atoms with Gasteiger partial charge in [-0.1, -0.05) is 0 Å². The third-order valence-corrected chi connectivity index (χ3v) is 4.42. The third kappa shape index (κ3) is 4.75. The molecule has 0 atom stereocenters. The standard InChI is InChI=1S/C10H19NO3S/c1-10(2,3)11-6-8(12)7-15(13,14)9-4-5-9/h9,11H,4-7H2,1-3H3. The fourth-order valence-electron chi connectivity index (χ4n) is 1.18. The van der Waals surface area contributed by atoms with Gasteiger partial charge >= 0.3 is 0 Å². The van der Waals surface area contributed by atoms with Crippen molar-refractivity contribution in [2.45, 2.75) is 44.4 Å². The molecule has 0 saturated heterocycles. The summed E-state index contributed by atoms with van der Waals surface area (Å²) >= 11 is 0. The number of rotatable bonds is 5. The van der Waals surface area contributed by atoms with Gasteiger partial charge in [0.2, 0.25) is 0 Å². The highest BCUT2D eigenvalue weighted by molar-refractivity contribution is 7.93. The van der Waals surface area contributed by atoms with Crippen molar-refractivity contribution < 1.29 is 13.2 Å². The highest BCUT2D eigenvalue weighted by atomic mass is 32.2. The molecule has 0 aromatic heterocycles. The molecule has 1 aliphatic rings. The molecule has 0 unspecified atom stereocenters. The predicted octanol–water partition coefficient (Wildman–Crippen LogP) is 0.521. The number of carbonyl (C=O) groups is 1. The number of nitrogens with one attached hydrogen (secondary N) is 1. The Labute approximate surface area is 91.4 Å². The summed E-state index contributed by atoms with van der Waals surface area (Å²) in [6, 6.07) is 0. The van der Waals surface area contributed by atoms with Crippen LogP contribution >= 0.6 is 0 Å². The maximum atomic E-state index is 11.5. The number of Topliss-reactive ketones (excluding diaryl/α,β-unsaturated/α-hetero) is 1. The van der Waals surface area contributed by atoms with Gasteiger partial charge in [-0.15, -0.1) is 0 Å². The minimum Gasteiger partial charge on any atom is -0.305 e. The van der Waals surface area contributed by atoms with Crippen LogP contribution in [0.1, 0.15) is 33.6 Å². The lowest BCUT2D eigenvalue weighted by Crippen LogP contribution is -2.41. The van der Waals surface area contributed by atoms with E-state index in [1.807, 2.05) is 20.8 Å². The van der Waals surface area contributed by atoms with Crippen LogP contribution in [0.3, 0.4) is 0 Å². The van der Waals surface area contributed by atoms with Crippen LogP contribution in [0.2, 0.25) is 0 Å². The third-order valence-electron chi connectivity index (χ3n) is 2.21. The monoisotopic (exact) mass is 233 g/mol. The molecule has 0 radical (unpaired) electrons. The minimum absolute atomic E-state index is 0.134. The first-order valence-electron chi connectivity index (χ1n) is 5.19. The van der Waals surface area contributed by atoms with E-state index in [-0.39, 0.29) is 28.9 Å². The maximum Gasteiger partial charge on any atom is 0.161 e. The van der Waals surface area contributed by atoms with Crippen LogP contribution < -0.4 is 5.32 Å². The molecule has 0 heterocycles. The Kier molecular flexibility index (Phi) is 3.55. The average molecular weight is 233 g/mol. The summed E-state index contributed by atoms with van der Waals surface area (Å²) in [6.07, 6.45) is 1.45. The van der Waals surface area contributed by atoms with Crippen molar-refractivity contribution in [3.8, 4) is 0 Å². The molecule has 0 bridgehead atoms. The van der Waals surface area contributed by atoms with E-state index >= 15 is 0 Å². The van der Waals surface area contributed by atoms with Gasteiger partial charge in [-0.2, -0.15) is 0 Å². The van der Waals surface area contributed by atoms with Crippen LogP contribution in [0.15, 0.2) is 0 Å². The first-order valence-corrected chi connectivity index (χ1v) is 6.90. The van der Waals surface area contributed by atoms with E-state index in [1.165, 1.54) is 0 Å². The lowest BCUT2D eigenvalue weighted by Gasteiger charge is -2.19. The Hall–Kier alpha value is -0.420. The summed E-state index contributed by atoms with van der Waals surface area (Å²) in [4.78, 5) is 11.4. The quantitative estimate of drug-likeness (QED) is 0.752. The van der Waals surface area contributed by atoms with Crippen LogP contribution in [0, 0.1) is 0 Å². The molecule has 0 aromatic rings. The Morgan fingerprint density at radius 1 is 1.33 bits per heavy atom. The lowest BCUT2D eigenvalue weighted by molar-refractivity contribution is -0.116. The summed E-state index contributed by atoms with van der Waals surface area (Å²) < 4.78 is 23.0. The molecule has 4 nitrogen and oxygen atoms in total. The van der Waals surface area contributed by atoms with Gasteiger partial charge in [-0.05, 0) is 33.6 Å². The van der Waals surface area contributed by atoms with E-state index in [1.54, 1.807) is 0 Å². The molecule has 0 aromatic carbocycles. The molecule has 1 saturated carbocycles. The molecular weight excluding hydrogens is 214 g/mol. The molecule has 1 fully saturated rings. The van der Waals surface area contributed by atoms with Crippen molar-refractivity contribution in [2.75, 3.05) is 12.3 Å². The molecule has 1 rings (SSSR count). The first-order chi connectivity index (χ1) is 6.71. The Morgan fingerprint density at radius 2 is 1.87 bits per heavy atom. The van der Waals surface area contributed by atoms with Crippen LogP contribution in [-0.4, -0.2) is 37.3 Å². The summed E-state index contributed by atoms with van der Waals surface area (Å²) in [7, 11) is -3.14. The second-order valence-electron chi connectivity index (χ2n) is 5.15. The molecule has 1 aliphatic carbocycles. The molecule has 0 amide bonds. The van der Waals surface area contributed by atoms with Crippen molar-refractivity contribution in [3.05, 3.63) is 0 Å². The fraction of sp³-hybridized carbons (Fsp3) is 0.900. The number of ketones is 1. The van der Waals surface area contributed by atoms with Gasteiger partial charge in [-0.25, -0.2) is 8.42 Å². The van der Waals surface area contributed by atoms with Gasteiger partial charge in [-0.3, -0.25) is 4.79 Å². The van der Waals surface area contributed by atoms with Crippen LogP contribution in [0.25, 0.3) is 0 Å². The zero-order valence-corrected chi connectivity index (χ0v) is 10.4. The fourth-order valence-corrected chi connectivity index (χ4v) is 2.83.